The zero-order chi connectivity index (χ0) is 10.7. The van der Waals surface area contributed by atoms with Gasteiger partial charge in [-0.1, -0.05) is 6.58 Å². The number of nitrogens with zero attached hydrogens (tertiary/aromatic N) is 1. The third-order valence-electron chi connectivity index (χ3n) is 1.62. The molecule has 0 aromatic carbocycles. The maximum atomic E-state index is 10.4. The van der Waals surface area contributed by atoms with E-state index in [0.717, 1.165) is 0 Å². The molecule has 0 fully saturated rings. The summed E-state index contributed by atoms with van der Waals surface area (Å²) in [5.41, 5.74) is 0.569. The van der Waals surface area contributed by atoms with Gasteiger partial charge in [-0.05, 0) is 0 Å². The summed E-state index contributed by atoms with van der Waals surface area (Å²) >= 11 is 0. The van der Waals surface area contributed by atoms with E-state index in [1.54, 1.807) is 6.08 Å². The van der Waals surface area contributed by atoms with Crippen molar-refractivity contribution in [2.75, 3.05) is 0 Å². The van der Waals surface area contributed by atoms with Crippen molar-refractivity contribution >= 4 is 5.78 Å². The van der Waals surface area contributed by atoms with Gasteiger partial charge in [0.05, 0.1) is 10.5 Å². The molecule has 1 aliphatic rings. The fraction of sp³-hybridized carbons (Fsp3) is 0.300. The zero-order valence-electron chi connectivity index (χ0n) is 8.19. The molecule has 0 aliphatic heterocycles. The normalized spacial score (nSPS) is 18.9. The SMILES string of the molecule is C=C1C=C([N+](=O)[O-])C=CC1=[O+]C(C)C. The lowest BCUT2D eigenvalue weighted by Crippen LogP contribution is -2.11. The Bertz CT molecular complexity index is 362. The van der Waals surface area contributed by atoms with Gasteiger partial charge in [0, 0.05) is 32.1 Å². The monoisotopic (exact) mass is 194 g/mol. The molecule has 4 nitrogen and oxygen atoms in total. The van der Waals surface area contributed by atoms with Crippen molar-refractivity contribution in [1.29, 1.82) is 0 Å². The third kappa shape index (κ3) is 2.39. The van der Waals surface area contributed by atoms with Crippen LogP contribution in [0.3, 0.4) is 0 Å². The van der Waals surface area contributed by atoms with Crippen molar-refractivity contribution in [3.05, 3.63) is 46.2 Å². The molecule has 0 N–H and O–H groups in total. The highest BCUT2D eigenvalue weighted by molar-refractivity contribution is 6.07. The predicted molar refractivity (Wildman–Crippen MR) is 53.5 cm³/mol. The van der Waals surface area contributed by atoms with Crippen LogP contribution in [0, 0.1) is 10.1 Å². The second-order valence-corrected chi connectivity index (χ2v) is 3.22. The van der Waals surface area contributed by atoms with Crippen molar-refractivity contribution in [3.8, 4) is 0 Å². The van der Waals surface area contributed by atoms with Crippen LogP contribution in [-0.2, 0) is 4.42 Å². The van der Waals surface area contributed by atoms with E-state index in [-0.39, 0.29) is 11.8 Å². The van der Waals surface area contributed by atoms with Crippen molar-refractivity contribution in [3.63, 3.8) is 0 Å². The van der Waals surface area contributed by atoms with Crippen molar-refractivity contribution in [1.82, 2.24) is 0 Å². The first kappa shape index (κ1) is 10.4. The van der Waals surface area contributed by atoms with Crippen molar-refractivity contribution in [2.45, 2.75) is 20.0 Å². The molecule has 0 aromatic rings. The molecule has 1 rings (SSSR count). The van der Waals surface area contributed by atoms with Crippen LogP contribution in [0.4, 0.5) is 0 Å². The van der Waals surface area contributed by atoms with E-state index in [0.29, 0.717) is 11.4 Å². The van der Waals surface area contributed by atoms with Crippen LogP contribution in [0.25, 0.3) is 0 Å². The van der Waals surface area contributed by atoms with E-state index in [2.05, 4.69) is 6.58 Å². The average molecular weight is 194 g/mol. The Balaban J connectivity index is 2.92. The smallest absolute Gasteiger partial charge is 0.258 e. The quantitative estimate of drug-likeness (QED) is 0.291. The van der Waals surface area contributed by atoms with Crippen LogP contribution in [-0.4, -0.2) is 16.8 Å². The van der Waals surface area contributed by atoms with Crippen molar-refractivity contribution < 1.29 is 9.35 Å². The molecule has 14 heavy (non-hydrogen) atoms. The molecule has 4 heteroatoms. The van der Waals surface area contributed by atoms with Gasteiger partial charge < -0.3 is 0 Å². The summed E-state index contributed by atoms with van der Waals surface area (Å²) in [6.07, 6.45) is 4.42. The first-order valence-corrected chi connectivity index (χ1v) is 4.27. The van der Waals surface area contributed by atoms with E-state index in [1.807, 2.05) is 13.8 Å². The van der Waals surface area contributed by atoms with Crippen LogP contribution in [0.2, 0.25) is 0 Å². The van der Waals surface area contributed by atoms with Gasteiger partial charge >= 0.3 is 5.78 Å². The minimum absolute atomic E-state index is 0.0334. The Morgan fingerprint density at radius 1 is 1.50 bits per heavy atom. The van der Waals surface area contributed by atoms with Crippen LogP contribution in [0.15, 0.2) is 36.1 Å². The van der Waals surface area contributed by atoms with Gasteiger partial charge in [0.15, 0.2) is 0 Å². The molecule has 0 saturated carbocycles. The Hall–Kier alpha value is -1.71. The van der Waals surface area contributed by atoms with E-state index < -0.39 is 4.92 Å². The second-order valence-electron chi connectivity index (χ2n) is 3.22. The standard InChI is InChI=1S/C10H12NO3/c1-7(2)14-10-5-4-9(11(12)13)6-8(10)3/h4-7H,3H2,1-2H3/q+1. The molecule has 0 bridgehead atoms. The lowest BCUT2D eigenvalue weighted by Gasteiger charge is -1.98. The molecule has 0 atom stereocenters. The number of allylic oxidation sites excluding steroid dienone is 4. The van der Waals surface area contributed by atoms with Gasteiger partial charge in [0.2, 0.25) is 0 Å². The fourth-order valence-electron chi connectivity index (χ4n) is 1.05. The summed E-state index contributed by atoms with van der Waals surface area (Å²) in [7, 11) is 0. The minimum atomic E-state index is -0.451. The lowest BCUT2D eigenvalue weighted by atomic mass is 10.1. The van der Waals surface area contributed by atoms with Crippen LogP contribution in [0.1, 0.15) is 13.8 Å². The van der Waals surface area contributed by atoms with Crippen LogP contribution >= 0.6 is 0 Å². The highest BCUT2D eigenvalue weighted by atomic mass is 16.6. The summed E-state index contributed by atoms with van der Waals surface area (Å²) in [6, 6.07) is 0. The summed E-state index contributed by atoms with van der Waals surface area (Å²) in [5.74, 6) is 0.589. The molecular formula is C10H12NO3+. The highest BCUT2D eigenvalue weighted by Crippen LogP contribution is 2.12. The number of rotatable bonds is 2. The number of carbonyl (C=O) groups excluding carboxylic acids is 1. The van der Waals surface area contributed by atoms with E-state index in [9.17, 15) is 10.1 Å². The van der Waals surface area contributed by atoms with Crippen molar-refractivity contribution in [2.24, 2.45) is 0 Å². The van der Waals surface area contributed by atoms with E-state index >= 15 is 0 Å². The molecule has 74 valence electrons. The number of hydrogen-bond acceptors (Lipinski definition) is 2. The van der Waals surface area contributed by atoms with Crippen LogP contribution in [0.5, 0.6) is 0 Å². The van der Waals surface area contributed by atoms with Gasteiger partial charge in [-0.2, -0.15) is 0 Å². The zero-order valence-corrected chi connectivity index (χ0v) is 8.19. The molecule has 0 amide bonds. The first-order chi connectivity index (χ1) is 6.50. The van der Waals surface area contributed by atoms with E-state index in [1.165, 1.54) is 12.2 Å². The topological polar surface area (TPSA) is 54.4 Å². The van der Waals surface area contributed by atoms with Gasteiger partial charge in [-0.25, -0.2) is 0 Å². The van der Waals surface area contributed by atoms with Gasteiger partial charge in [0.1, 0.15) is 0 Å². The first-order valence-electron chi connectivity index (χ1n) is 4.27. The summed E-state index contributed by atoms with van der Waals surface area (Å²) in [5, 5.41) is 10.4. The lowest BCUT2D eigenvalue weighted by molar-refractivity contribution is -0.492. The third-order valence-corrected chi connectivity index (χ3v) is 1.62. The second kappa shape index (κ2) is 4.00. The average Bonchev–Trinajstić information content (AvgIpc) is 2.07. The summed E-state index contributed by atoms with van der Waals surface area (Å²) in [6.45, 7) is 7.47. The highest BCUT2D eigenvalue weighted by Gasteiger charge is 2.22. The van der Waals surface area contributed by atoms with Gasteiger partial charge in [-0.15, -0.1) is 0 Å². The molecule has 0 spiro atoms. The number of hydrogen-bond donors (Lipinski definition) is 0. The summed E-state index contributed by atoms with van der Waals surface area (Å²) < 4.78 is 5.39. The van der Waals surface area contributed by atoms with E-state index in [4.69, 9.17) is 4.42 Å². The maximum absolute atomic E-state index is 10.4. The Morgan fingerprint density at radius 2 is 2.14 bits per heavy atom. The van der Waals surface area contributed by atoms with Gasteiger partial charge in [-0.3, -0.25) is 14.5 Å². The molecule has 0 aromatic heterocycles. The Labute approximate surface area is 82.1 Å². The molecule has 1 aliphatic carbocycles. The maximum Gasteiger partial charge on any atom is 0.350 e. The number of nitro groups is 1. The van der Waals surface area contributed by atoms with Gasteiger partial charge in [0.25, 0.3) is 11.8 Å². The fourth-order valence-corrected chi connectivity index (χ4v) is 1.05. The molecule has 0 saturated heterocycles. The molecule has 0 unspecified atom stereocenters. The Morgan fingerprint density at radius 3 is 2.57 bits per heavy atom. The Kier molecular flexibility index (Phi) is 2.96. The molecule has 0 heterocycles. The van der Waals surface area contributed by atoms with Crippen LogP contribution < -0.4 is 0 Å². The minimum Gasteiger partial charge on any atom is -0.258 e. The molecule has 0 radical (unpaired) electrons. The number of ketones is 1. The predicted octanol–water partition coefficient (Wildman–Crippen LogP) is 1.79. The molecular weight excluding hydrogens is 182 g/mol. The summed E-state index contributed by atoms with van der Waals surface area (Å²) in [4.78, 5) is 9.97. The largest absolute Gasteiger partial charge is 0.350 e.